The lowest BCUT2D eigenvalue weighted by Crippen LogP contribution is -2.31. The first-order valence-corrected chi connectivity index (χ1v) is 8.85. The number of hydrogen-bond donors (Lipinski definition) is 0. The van der Waals surface area contributed by atoms with Crippen LogP contribution in [0, 0.1) is 3.57 Å². The van der Waals surface area contributed by atoms with Crippen LogP contribution in [-0.4, -0.2) is 17.4 Å². The summed E-state index contributed by atoms with van der Waals surface area (Å²) in [6, 6.07) is 16.4. The van der Waals surface area contributed by atoms with Crippen molar-refractivity contribution in [3.63, 3.8) is 0 Å². The van der Waals surface area contributed by atoms with Crippen LogP contribution in [-0.2, 0) is 0 Å². The van der Waals surface area contributed by atoms with Gasteiger partial charge in [0.2, 0.25) is 0 Å². The van der Waals surface area contributed by atoms with Crippen molar-refractivity contribution in [1.29, 1.82) is 0 Å². The van der Waals surface area contributed by atoms with Gasteiger partial charge in [0, 0.05) is 14.6 Å². The first-order chi connectivity index (χ1) is 10.2. The van der Waals surface area contributed by atoms with Crippen molar-refractivity contribution in [2.24, 2.45) is 0 Å². The molecular weight excluding hydrogens is 441 g/mol. The SMILES string of the molecule is O=C(c1cc(Br)ccc1I)N1CCCC1c1ccccc1. The average molecular weight is 456 g/mol. The van der Waals surface area contributed by atoms with Crippen LogP contribution in [0.15, 0.2) is 53.0 Å². The molecule has 4 heteroatoms. The normalized spacial score (nSPS) is 18.0. The van der Waals surface area contributed by atoms with Crippen molar-refractivity contribution in [3.05, 3.63) is 67.7 Å². The van der Waals surface area contributed by atoms with E-state index in [9.17, 15) is 4.79 Å². The van der Waals surface area contributed by atoms with Crippen LogP contribution < -0.4 is 0 Å². The van der Waals surface area contributed by atoms with Gasteiger partial charge in [-0.25, -0.2) is 0 Å². The molecule has 1 unspecified atom stereocenters. The predicted molar refractivity (Wildman–Crippen MR) is 96.3 cm³/mol. The highest BCUT2D eigenvalue weighted by Crippen LogP contribution is 2.34. The maximum Gasteiger partial charge on any atom is 0.255 e. The van der Waals surface area contributed by atoms with Gasteiger partial charge in [-0.3, -0.25) is 4.79 Å². The van der Waals surface area contributed by atoms with Crippen LogP contribution in [0.25, 0.3) is 0 Å². The molecule has 0 saturated carbocycles. The monoisotopic (exact) mass is 455 g/mol. The summed E-state index contributed by atoms with van der Waals surface area (Å²) in [7, 11) is 0. The lowest BCUT2D eigenvalue weighted by molar-refractivity contribution is 0.0734. The van der Waals surface area contributed by atoms with Crippen LogP contribution >= 0.6 is 38.5 Å². The largest absolute Gasteiger partial charge is 0.332 e. The maximum absolute atomic E-state index is 12.9. The van der Waals surface area contributed by atoms with Gasteiger partial charge in [0.15, 0.2) is 0 Å². The van der Waals surface area contributed by atoms with Gasteiger partial charge in [0.05, 0.1) is 11.6 Å². The molecule has 0 aliphatic carbocycles. The van der Waals surface area contributed by atoms with E-state index in [0.717, 1.165) is 33.0 Å². The number of likely N-dealkylation sites (tertiary alicyclic amines) is 1. The van der Waals surface area contributed by atoms with E-state index in [1.807, 2.05) is 41.3 Å². The summed E-state index contributed by atoms with van der Waals surface area (Å²) >= 11 is 5.69. The standard InChI is InChI=1S/C17H15BrINO/c18-13-8-9-15(19)14(11-13)17(21)20-10-4-7-16(20)12-5-2-1-3-6-12/h1-3,5-6,8-9,11,16H,4,7,10H2. The Morgan fingerprint density at radius 1 is 1.19 bits per heavy atom. The lowest BCUT2D eigenvalue weighted by atomic mass is 10.0. The summed E-state index contributed by atoms with van der Waals surface area (Å²) in [5.74, 6) is 0.132. The predicted octanol–water partition coefficient (Wildman–Crippen LogP) is 5.03. The third kappa shape index (κ3) is 3.16. The Hall–Kier alpha value is -0.880. The van der Waals surface area contributed by atoms with Crippen LogP contribution in [0.3, 0.4) is 0 Å². The molecule has 108 valence electrons. The molecule has 1 amide bonds. The highest BCUT2D eigenvalue weighted by atomic mass is 127. The van der Waals surface area contributed by atoms with Gasteiger partial charge in [-0.1, -0.05) is 46.3 Å². The minimum absolute atomic E-state index is 0.132. The molecule has 2 aromatic rings. The van der Waals surface area contributed by atoms with Gasteiger partial charge in [0.1, 0.15) is 0 Å². The van der Waals surface area contributed by atoms with Crippen LogP contribution in [0.2, 0.25) is 0 Å². The molecule has 2 nitrogen and oxygen atoms in total. The molecular formula is C17H15BrINO. The van der Waals surface area contributed by atoms with Crippen molar-refractivity contribution in [2.45, 2.75) is 18.9 Å². The Labute approximate surface area is 146 Å². The molecule has 0 aromatic heterocycles. The minimum atomic E-state index is 0.132. The second-order valence-corrected chi connectivity index (χ2v) is 7.27. The number of carbonyl (C=O) groups excluding carboxylic acids is 1. The van der Waals surface area contributed by atoms with Crippen molar-refractivity contribution in [2.75, 3.05) is 6.54 Å². The summed E-state index contributed by atoms with van der Waals surface area (Å²) in [6.07, 6.45) is 2.11. The fraction of sp³-hybridized carbons (Fsp3) is 0.235. The van der Waals surface area contributed by atoms with Crippen LogP contribution in [0.5, 0.6) is 0 Å². The Bertz CT molecular complexity index is 659. The fourth-order valence-corrected chi connectivity index (χ4v) is 3.77. The number of benzene rings is 2. The zero-order valence-electron chi connectivity index (χ0n) is 11.4. The van der Waals surface area contributed by atoms with Crippen LogP contribution in [0.4, 0.5) is 0 Å². The van der Waals surface area contributed by atoms with E-state index in [1.54, 1.807) is 0 Å². The summed E-state index contributed by atoms with van der Waals surface area (Å²) in [5.41, 5.74) is 2.01. The summed E-state index contributed by atoms with van der Waals surface area (Å²) in [4.78, 5) is 14.9. The minimum Gasteiger partial charge on any atom is -0.332 e. The Kier molecular flexibility index (Phi) is 4.64. The molecule has 1 saturated heterocycles. The summed E-state index contributed by atoms with van der Waals surface area (Å²) in [6.45, 7) is 0.834. The van der Waals surface area contributed by atoms with E-state index in [0.29, 0.717) is 0 Å². The van der Waals surface area contributed by atoms with E-state index in [-0.39, 0.29) is 11.9 Å². The Morgan fingerprint density at radius 2 is 1.95 bits per heavy atom. The Balaban J connectivity index is 1.92. The van der Waals surface area contributed by atoms with Crippen molar-refractivity contribution in [3.8, 4) is 0 Å². The smallest absolute Gasteiger partial charge is 0.255 e. The molecule has 21 heavy (non-hydrogen) atoms. The number of halogens is 2. The number of amides is 1. The number of rotatable bonds is 2. The molecule has 2 aromatic carbocycles. The first-order valence-electron chi connectivity index (χ1n) is 6.98. The summed E-state index contributed by atoms with van der Waals surface area (Å²) < 4.78 is 1.95. The van der Waals surface area contributed by atoms with Crippen LogP contribution in [0.1, 0.15) is 34.8 Å². The molecule has 0 spiro atoms. The van der Waals surface area contributed by atoms with E-state index in [1.165, 1.54) is 5.56 Å². The number of nitrogens with zero attached hydrogens (tertiary/aromatic N) is 1. The topological polar surface area (TPSA) is 20.3 Å². The Morgan fingerprint density at radius 3 is 2.71 bits per heavy atom. The van der Waals surface area contributed by atoms with Gasteiger partial charge in [-0.05, 0) is 59.2 Å². The highest BCUT2D eigenvalue weighted by molar-refractivity contribution is 14.1. The average Bonchev–Trinajstić information content (AvgIpc) is 2.99. The lowest BCUT2D eigenvalue weighted by Gasteiger charge is -2.25. The number of hydrogen-bond acceptors (Lipinski definition) is 1. The van der Waals surface area contributed by atoms with E-state index < -0.39 is 0 Å². The van der Waals surface area contributed by atoms with E-state index >= 15 is 0 Å². The van der Waals surface area contributed by atoms with Gasteiger partial charge in [-0.15, -0.1) is 0 Å². The second kappa shape index (κ2) is 6.48. The molecule has 1 aliphatic heterocycles. The van der Waals surface area contributed by atoms with Gasteiger partial charge >= 0.3 is 0 Å². The fourth-order valence-electron chi connectivity index (χ4n) is 2.85. The molecule has 1 atom stereocenters. The van der Waals surface area contributed by atoms with Gasteiger partial charge in [0.25, 0.3) is 5.91 Å². The maximum atomic E-state index is 12.9. The zero-order chi connectivity index (χ0) is 14.8. The first kappa shape index (κ1) is 15.0. The van der Waals surface area contributed by atoms with Crippen molar-refractivity contribution < 1.29 is 4.79 Å². The third-order valence-corrected chi connectivity index (χ3v) is 5.29. The molecule has 0 N–H and O–H groups in total. The zero-order valence-corrected chi connectivity index (χ0v) is 15.2. The van der Waals surface area contributed by atoms with Crippen molar-refractivity contribution >= 4 is 44.4 Å². The molecule has 0 bridgehead atoms. The van der Waals surface area contributed by atoms with Crippen molar-refractivity contribution in [1.82, 2.24) is 4.90 Å². The van der Waals surface area contributed by atoms with E-state index in [4.69, 9.17) is 0 Å². The third-order valence-electron chi connectivity index (χ3n) is 3.86. The quantitative estimate of drug-likeness (QED) is 0.581. The summed E-state index contributed by atoms with van der Waals surface area (Å²) in [5, 5.41) is 0. The molecule has 1 fully saturated rings. The molecule has 1 heterocycles. The molecule has 3 rings (SSSR count). The highest BCUT2D eigenvalue weighted by Gasteiger charge is 2.31. The molecule has 0 radical (unpaired) electrons. The number of carbonyl (C=O) groups is 1. The molecule has 1 aliphatic rings. The van der Waals surface area contributed by atoms with E-state index in [2.05, 4.69) is 50.7 Å². The van der Waals surface area contributed by atoms with Gasteiger partial charge in [-0.2, -0.15) is 0 Å². The van der Waals surface area contributed by atoms with Gasteiger partial charge < -0.3 is 4.90 Å². The second-order valence-electron chi connectivity index (χ2n) is 5.19.